The van der Waals surface area contributed by atoms with E-state index in [1.165, 1.54) is 6.08 Å². The number of aromatic nitrogens is 2. The van der Waals surface area contributed by atoms with E-state index in [0.717, 1.165) is 16.9 Å². The minimum absolute atomic E-state index is 0.135. The number of nitrogens with one attached hydrogen (secondary N) is 1. The van der Waals surface area contributed by atoms with Gasteiger partial charge in [-0.3, -0.25) is 10.0 Å². The van der Waals surface area contributed by atoms with Gasteiger partial charge in [0, 0.05) is 12.5 Å². The lowest BCUT2D eigenvalue weighted by atomic mass is 10.2. The third kappa shape index (κ3) is 7.90. The van der Waals surface area contributed by atoms with Gasteiger partial charge in [0.05, 0.1) is 18.9 Å². The lowest BCUT2D eigenvalue weighted by Gasteiger charge is -2.13. The fraction of sp³-hybridized carbons (Fsp3) is 0.240. The second-order valence-electron chi connectivity index (χ2n) is 7.46. The van der Waals surface area contributed by atoms with Gasteiger partial charge in [-0.15, -0.1) is 0 Å². The molecule has 1 aromatic heterocycles. The molecule has 0 aliphatic rings. The van der Waals surface area contributed by atoms with E-state index >= 15 is 0 Å². The van der Waals surface area contributed by atoms with Crippen LogP contribution in [0.4, 0.5) is 11.8 Å². The molecule has 1 amide bonds. The number of carbonyl (C=O) groups excluding carboxylic acids is 1. The van der Waals surface area contributed by atoms with E-state index < -0.39 is 5.91 Å². The summed E-state index contributed by atoms with van der Waals surface area (Å²) >= 11 is 0. The van der Waals surface area contributed by atoms with Crippen LogP contribution in [0.1, 0.15) is 30.2 Å². The highest BCUT2D eigenvalue weighted by molar-refractivity contribution is 5.90. The number of rotatable bonds is 12. The van der Waals surface area contributed by atoms with E-state index in [2.05, 4.69) is 9.97 Å². The molecule has 0 bridgehead atoms. The first-order valence-corrected chi connectivity index (χ1v) is 11.1. The Morgan fingerprint density at radius 3 is 2.54 bits per heavy atom. The third-order valence-corrected chi connectivity index (χ3v) is 4.82. The number of nitrogens with two attached hydrogens (primary N) is 2. The molecule has 184 valence electrons. The largest absolute Gasteiger partial charge is 0.493 e. The van der Waals surface area contributed by atoms with Crippen molar-refractivity contribution in [2.45, 2.75) is 26.4 Å². The van der Waals surface area contributed by atoms with Crippen LogP contribution >= 0.6 is 0 Å². The van der Waals surface area contributed by atoms with Gasteiger partial charge >= 0.3 is 0 Å². The summed E-state index contributed by atoms with van der Waals surface area (Å²) in [7, 11) is 0. The number of carbonyl (C=O) groups is 1. The Bertz CT molecular complexity index is 1170. The van der Waals surface area contributed by atoms with Gasteiger partial charge in [0.1, 0.15) is 18.1 Å². The Morgan fingerprint density at radius 2 is 1.77 bits per heavy atom. The normalized spacial score (nSPS) is 10.8. The summed E-state index contributed by atoms with van der Waals surface area (Å²) in [5.41, 5.74) is 15.5. The van der Waals surface area contributed by atoms with Gasteiger partial charge in [0.15, 0.2) is 11.6 Å². The first-order chi connectivity index (χ1) is 17.0. The van der Waals surface area contributed by atoms with E-state index in [-0.39, 0.29) is 11.8 Å². The monoisotopic (exact) mass is 479 g/mol. The summed E-state index contributed by atoms with van der Waals surface area (Å²) in [5, 5.41) is 8.56. The molecule has 0 saturated carbocycles. The van der Waals surface area contributed by atoms with Gasteiger partial charge in [-0.1, -0.05) is 31.2 Å². The quantitative estimate of drug-likeness (QED) is 0.133. The molecule has 0 saturated heterocycles. The van der Waals surface area contributed by atoms with Crippen molar-refractivity contribution in [1.82, 2.24) is 15.4 Å². The highest BCUT2D eigenvalue weighted by Gasteiger charge is 2.11. The minimum Gasteiger partial charge on any atom is -0.493 e. The fourth-order valence-electron chi connectivity index (χ4n) is 3.17. The average Bonchev–Trinajstić information content (AvgIpc) is 2.87. The molecular weight excluding hydrogens is 450 g/mol. The van der Waals surface area contributed by atoms with Crippen LogP contribution in [-0.4, -0.2) is 34.3 Å². The van der Waals surface area contributed by atoms with Crippen LogP contribution in [0.5, 0.6) is 17.2 Å². The molecule has 2 aromatic carbocycles. The first-order valence-electron chi connectivity index (χ1n) is 11.1. The maximum atomic E-state index is 11.1. The van der Waals surface area contributed by atoms with Gasteiger partial charge in [-0.05, 0) is 47.9 Å². The number of aryl methyl sites for hydroxylation is 1. The van der Waals surface area contributed by atoms with Gasteiger partial charge < -0.3 is 25.7 Å². The number of anilines is 2. The number of ether oxygens (including phenoxy) is 3. The summed E-state index contributed by atoms with van der Waals surface area (Å²) in [6.45, 7) is 3.15. The van der Waals surface area contributed by atoms with Crippen molar-refractivity contribution in [2.24, 2.45) is 0 Å². The van der Waals surface area contributed by atoms with Crippen LogP contribution in [0.15, 0.2) is 54.6 Å². The Morgan fingerprint density at radius 1 is 1.03 bits per heavy atom. The molecule has 35 heavy (non-hydrogen) atoms. The molecule has 1 heterocycles. The van der Waals surface area contributed by atoms with Crippen molar-refractivity contribution in [3.63, 3.8) is 0 Å². The lowest BCUT2D eigenvalue weighted by Crippen LogP contribution is -2.14. The SMILES string of the molecule is CCc1nc(N)nc(N)c1OCCCOc1cccc(COc2cccc(/C=C/C(=O)NO)c2)c1. The van der Waals surface area contributed by atoms with E-state index in [1.807, 2.05) is 49.4 Å². The minimum atomic E-state index is -0.603. The van der Waals surface area contributed by atoms with E-state index in [4.69, 9.17) is 30.9 Å². The van der Waals surface area contributed by atoms with Crippen LogP contribution in [0.25, 0.3) is 6.08 Å². The molecule has 0 aliphatic heterocycles. The van der Waals surface area contributed by atoms with Crippen LogP contribution in [0, 0.1) is 0 Å². The van der Waals surface area contributed by atoms with Crippen molar-refractivity contribution >= 4 is 23.7 Å². The Labute approximate surface area is 203 Å². The Balaban J connectivity index is 1.46. The van der Waals surface area contributed by atoms with Crippen molar-refractivity contribution in [3.05, 3.63) is 71.4 Å². The second-order valence-corrected chi connectivity index (χ2v) is 7.46. The van der Waals surface area contributed by atoms with Crippen LogP contribution in [0.3, 0.4) is 0 Å². The highest BCUT2D eigenvalue weighted by Crippen LogP contribution is 2.25. The number of hydroxylamine groups is 1. The van der Waals surface area contributed by atoms with Gasteiger partial charge in [0.2, 0.25) is 5.95 Å². The summed E-state index contributed by atoms with van der Waals surface area (Å²) in [5.74, 6) is 1.61. The standard InChI is InChI=1S/C25H29N5O5/c1-2-21-23(24(26)29-25(27)28-21)34-13-5-12-33-19-8-4-7-18(15-19)16-35-20-9-3-6-17(14-20)10-11-22(31)30-32/h3-4,6-11,14-15,32H,2,5,12-13,16H2,1H3,(H,30,31)(H4,26,27,28,29)/b11-10+. The number of nitrogens with zero attached hydrogens (tertiary/aromatic N) is 2. The number of hydrogen-bond donors (Lipinski definition) is 4. The lowest BCUT2D eigenvalue weighted by molar-refractivity contribution is -0.124. The van der Waals surface area contributed by atoms with Crippen molar-refractivity contribution in [1.29, 1.82) is 0 Å². The van der Waals surface area contributed by atoms with E-state index in [0.29, 0.717) is 49.9 Å². The molecule has 0 aliphatic carbocycles. The number of hydrogen-bond acceptors (Lipinski definition) is 9. The van der Waals surface area contributed by atoms with Crippen LogP contribution in [-0.2, 0) is 17.8 Å². The summed E-state index contributed by atoms with van der Waals surface area (Å²) < 4.78 is 17.5. The molecular formula is C25H29N5O5. The molecule has 0 fully saturated rings. The Kier molecular flexibility index (Phi) is 9.26. The van der Waals surface area contributed by atoms with Gasteiger partial charge in [0.25, 0.3) is 5.91 Å². The van der Waals surface area contributed by atoms with Crippen molar-refractivity contribution in [2.75, 3.05) is 24.7 Å². The third-order valence-electron chi connectivity index (χ3n) is 4.82. The zero-order valence-corrected chi connectivity index (χ0v) is 19.4. The molecule has 3 rings (SSSR count). The van der Waals surface area contributed by atoms with Crippen LogP contribution in [0.2, 0.25) is 0 Å². The van der Waals surface area contributed by atoms with E-state index in [9.17, 15) is 4.79 Å². The highest BCUT2D eigenvalue weighted by atomic mass is 16.5. The fourth-order valence-corrected chi connectivity index (χ4v) is 3.17. The molecule has 10 nitrogen and oxygen atoms in total. The van der Waals surface area contributed by atoms with Gasteiger partial charge in [-0.2, -0.15) is 4.98 Å². The number of nitrogen functional groups attached to an aromatic ring is 2. The first kappa shape index (κ1) is 25.3. The zero-order valence-electron chi connectivity index (χ0n) is 19.4. The molecule has 0 unspecified atom stereocenters. The maximum absolute atomic E-state index is 11.1. The maximum Gasteiger partial charge on any atom is 0.267 e. The predicted octanol–water partition coefficient (Wildman–Crippen LogP) is 3.15. The molecule has 10 heteroatoms. The molecule has 0 radical (unpaired) electrons. The Hall–Kier alpha value is -4.31. The smallest absolute Gasteiger partial charge is 0.267 e. The zero-order chi connectivity index (χ0) is 25.0. The van der Waals surface area contributed by atoms with Crippen molar-refractivity contribution < 1.29 is 24.2 Å². The van der Waals surface area contributed by atoms with Crippen LogP contribution < -0.4 is 31.2 Å². The van der Waals surface area contributed by atoms with Crippen molar-refractivity contribution in [3.8, 4) is 17.2 Å². The van der Waals surface area contributed by atoms with Gasteiger partial charge in [-0.25, -0.2) is 10.5 Å². The molecule has 3 aromatic rings. The summed E-state index contributed by atoms with van der Waals surface area (Å²) in [6.07, 6.45) is 4.09. The molecule has 6 N–H and O–H groups in total. The number of amides is 1. The molecule has 0 atom stereocenters. The second kappa shape index (κ2) is 12.8. The molecule has 0 spiro atoms. The summed E-state index contributed by atoms with van der Waals surface area (Å²) in [6, 6.07) is 14.9. The van der Waals surface area contributed by atoms with E-state index in [1.54, 1.807) is 17.6 Å². The number of benzene rings is 2. The predicted molar refractivity (Wildman–Crippen MR) is 132 cm³/mol. The topological polar surface area (TPSA) is 155 Å². The summed E-state index contributed by atoms with van der Waals surface area (Å²) in [4.78, 5) is 19.2. The average molecular weight is 480 g/mol.